The summed E-state index contributed by atoms with van der Waals surface area (Å²) in [6.07, 6.45) is 4.17. The highest BCUT2D eigenvalue weighted by Crippen LogP contribution is 2.50. The van der Waals surface area contributed by atoms with E-state index in [0.717, 1.165) is 11.8 Å². The van der Waals surface area contributed by atoms with Gasteiger partial charge in [-0.2, -0.15) is 0 Å². The van der Waals surface area contributed by atoms with Crippen molar-refractivity contribution in [1.29, 1.82) is 0 Å². The molecule has 0 radical (unpaired) electrons. The molecule has 2 rings (SSSR count). The third kappa shape index (κ3) is 0.741. The van der Waals surface area contributed by atoms with Crippen molar-refractivity contribution in [2.45, 2.75) is 25.3 Å². The van der Waals surface area contributed by atoms with E-state index < -0.39 is 0 Å². The molecule has 2 heteroatoms. The molecule has 0 amide bonds. The van der Waals surface area contributed by atoms with Crippen molar-refractivity contribution in [3.05, 3.63) is 0 Å². The molecule has 2 aliphatic carbocycles. The predicted octanol–water partition coefficient (Wildman–Crippen LogP) is 1.17. The van der Waals surface area contributed by atoms with Gasteiger partial charge in [-0.3, -0.25) is 0 Å². The molecule has 48 valence electrons. The minimum Gasteiger partial charge on any atom is -0.327 e. The molecular weight excluding hydrogens is 122 g/mol. The van der Waals surface area contributed by atoms with E-state index in [1.165, 1.54) is 19.3 Å². The van der Waals surface area contributed by atoms with E-state index in [9.17, 15) is 0 Å². The molecule has 0 aliphatic heterocycles. The zero-order chi connectivity index (χ0) is 4.85. The van der Waals surface area contributed by atoms with Crippen molar-refractivity contribution in [1.82, 2.24) is 0 Å². The van der Waals surface area contributed by atoms with Crippen molar-refractivity contribution in [2.75, 3.05) is 0 Å². The Morgan fingerprint density at radius 3 is 2.12 bits per heavy atom. The van der Waals surface area contributed by atoms with Crippen molar-refractivity contribution < 1.29 is 0 Å². The second kappa shape index (κ2) is 1.89. The molecule has 0 spiro atoms. The molecule has 2 saturated carbocycles. The molecule has 0 aromatic rings. The molecule has 1 nitrogen and oxygen atoms in total. The van der Waals surface area contributed by atoms with Crippen LogP contribution in [0, 0.1) is 11.8 Å². The van der Waals surface area contributed by atoms with E-state index in [1.807, 2.05) is 0 Å². The summed E-state index contributed by atoms with van der Waals surface area (Å²) in [6.45, 7) is 0. The van der Waals surface area contributed by atoms with Crippen LogP contribution in [0.25, 0.3) is 0 Å². The molecule has 3 atom stereocenters. The largest absolute Gasteiger partial charge is 0.327 e. The second-order valence-corrected chi connectivity index (χ2v) is 2.90. The third-order valence-corrected chi connectivity index (χ3v) is 2.40. The molecule has 0 heterocycles. The van der Waals surface area contributed by atoms with E-state index in [4.69, 9.17) is 5.73 Å². The lowest BCUT2D eigenvalue weighted by Crippen LogP contribution is -2.18. The van der Waals surface area contributed by atoms with E-state index in [2.05, 4.69) is 0 Å². The van der Waals surface area contributed by atoms with Crippen molar-refractivity contribution >= 4 is 12.4 Å². The van der Waals surface area contributed by atoms with Crippen LogP contribution in [0.3, 0.4) is 0 Å². The van der Waals surface area contributed by atoms with Crippen LogP contribution in [0.1, 0.15) is 19.3 Å². The first-order valence-electron chi connectivity index (χ1n) is 3.13. The SMILES string of the molecule is Cl.NC1CCC2CC12. The predicted molar refractivity (Wildman–Crippen MR) is 36.1 cm³/mol. The van der Waals surface area contributed by atoms with Gasteiger partial charge in [0.25, 0.3) is 0 Å². The Labute approximate surface area is 56.0 Å². The third-order valence-electron chi connectivity index (χ3n) is 2.40. The van der Waals surface area contributed by atoms with Gasteiger partial charge < -0.3 is 5.73 Å². The van der Waals surface area contributed by atoms with E-state index in [1.54, 1.807) is 0 Å². The average molecular weight is 134 g/mol. The van der Waals surface area contributed by atoms with Gasteiger partial charge in [0.2, 0.25) is 0 Å². The standard InChI is InChI=1S/C6H11N.ClH/c7-6-2-1-4-3-5(4)6;/h4-6H,1-3,7H2;1H. The van der Waals surface area contributed by atoms with Crippen LogP contribution in [0.4, 0.5) is 0 Å². The van der Waals surface area contributed by atoms with E-state index in [0.29, 0.717) is 6.04 Å². The molecule has 3 unspecified atom stereocenters. The van der Waals surface area contributed by atoms with Crippen LogP contribution >= 0.6 is 12.4 Å². The summed E-state index contributed by atoms with van der Waals surface area (Å²) < 4.78 is 0. The van der Waals surface area contributed by atoms with Crippen molar-refractivity contribution in [3.8, 4) is 0 Å². The number of rotatable bonds is 0. The number of halogens is 1. The first kappa shape index (κ1) is 6.37. The Morgan fingerprint density at radius 2 is 2.00 bits per heavy atom. The Hall–Kier alpha value is 0.250. The summed E-state index contributed by atoms with van der Waals surface area (Å²) in [7, 11) is 0. The minimum absolute atomic E-state index is 0. The van der Waals surface area contributed by atoms with Gasteiger partial charge in [-0.15, -0.1) is 12.4 Å². The zero-order valence-corrected chi connectivity index (χ0v) is 5.66. The molecule has 0 aromatic heterocycles. The van der Waals surface area contributed by atoms with Gasteiger partial charge in [0.1, 0.15) is 0 Å². The van der Waals surface area contributed by atoms with Crippen molar-refractivity contribution in [3.63, 3.8) is 0 Å². The first-order chi connectivity index (χ1) is 3.38. The molecule has 2 N–H and O–H groups in total. The summed E-state index contributed by atoms with van der Waals surface area (Å²) in [5.74, 6) is 2.02. The molecule has 8 heavy (non-hydrogen) atoms. The Kier molecular flexibility index (Phi) is 1.50. The maximum Gasteiger partial charge on any atom is 0.00700 e. The van der Waals surface area contributed by atoms with Crippen LogP contribution in [-0.4, -0.2) is 6.04 Å². The van der Waals surface area contributed by atoms with Gasteiger partial charge >= 0.3 is 0 Å². The van der Waals surface area contributed by atoms with Crippen LogP contribution in [0.2, 0.25) is 0 Å². The van der Waals surface area contributed by atoms with Gasteiger partial charge in [-0.25, -0.2) is 0 Å². The summed E-state index contributed by atoms with van der Waals surface area (Å²) in [4.78, 5) is 0. The van der Waals surface area contributed by atoms with E-state index in [-0.39, 0.29) is 12.4 Å². The normalized spacial score (nSPS) is 49.9. The van der Waals surface area contributed by atoms with Gasteiger partial charge in [0, 0.05) is 6.04 Å². The van der Waals surface area contributed by atoms with Gasteiger partial charge in [0.15, 0.2) is 0 Å². The fourth-order valence-electron chi connectivity index (χ4n) is 1.75. The lowest BCUT2D eigenvalue weighted by Gasteiger charge is -1.99. The Balaban J connectivity index is 0.000000320. The maximum atomic E-state index is 5.72. The minimum atomic E-state index is 0. The molecule has 0 aromatic carbocycles. The van der Waals surface area contributed by atoms with Crippen LogP contribution in [0.5, 0.6) is 0 Å². The van der Waals surface area contributed by atoms with Crippen LogP contribution < -0.4 is 5.73 Å². The van der Waals surface area contributed by atoms with E-state index >= 15 is 0 Å². The summed E-state index contributed by atoms with van der Waals surface area (Å²) in [5, 5.41) is 0. The lowest BCUT2D eigenvalue weighted by atomic mass is 10.2. The number of fused-ring (bicyclic) bond motifs is 1. The molecular formula is C6H12ClN. The topological polar surface area (TPSA) is 26.0 Å². The Bertz CT molecular complexity index is 94.5. The zero-order valence-electron chi connectivity index (χ0n) is 4.84. The van der Waals surface area contributed by atoms with Crippen LogP contribution in [-0.2, 0) is 0 Å². The van der Waals surface area contributed by atoms with Crippen molar-refractivity contribution in [2.24, 2.45) is 17.6 Å². The molecule has 0 bridgehead atoms. The summed E-state index contributed by atoms with van der Waals surface area (Å²) in [5.41, 5.74) is 5.72. The maximum absolute atomic E-state index is 5.72. The number of nitrogens with two attached hydrogens (primary N) is 1. The first-order valence-corrected chi connectivity index (χ1v) is 3.13. The highest BCUT2D eigenvalue weighted by molar-refractivity contribution is 5.85. The fourth-order valence-corrected chi connectivity index (χ4v) is 1.75. The second-order valence-electron chi connectivity index (χ2n) is 2.90. The number of hydrogen-bond donors (Lipinski definition) is 1. The molecule has 0 saturated heterocycles. The molecule has 2 fully saturated rings. The van der Waals surface area contributed by atoms with Gasteiger partial charge in [-0.05, 0) is 31.1 Å². The summed E-state index contributed by atoms with van der Waals surface area (Å²) in [6, 6.07) is 0.588. The monoisotopic (exact) mass is 133 g/mol. The van der Waals surface area contributed by atoms with Crippen LogP contribution in [0.15, 0.2) is 0 Å². The van der Waals surface area contributed by atoms with Gasteiger partial charge in [-0.1, -0.05) is 0 Å². The number of hydrogen-bond acceptors (Lipinski definition) is 1. The highest BCUT2D eigenvalue weighted by Gasteiger charge is 2.45. The highest BCUT2D eigenvalue weighted by atomic mass is 35.5. The average Bonchev–Trinajstić information content (AvgIpc) is 2.33. The van der Waals surface area contributed by atoms with Gasteiger partial charge in [0.05, 0.1) is 0 Å². The quantitative estimate of drug-likeness (QED) is 0.528. The fraction of sp³-hybridized carbons (Fsp3) is 1.00. The smallest absolute Gasteiger partial charge is 0.00700 e. The lowest BCUT2D eigenvalue weighted by molar-refractivity contribution is 0.614. The summed E-state index contributed by atoms with van der Waals surface area (Å²) >= 11 is 0. The Morgan fingerprint density at radius 1 is 1.25 bits per heavy atom. The molecule has 2 aliphatic rings.